The first-order chi connectivity index (χ1) is 12.5. The molecule has 6 heteroatoms. The minimum atomic E-state index is 0.199. The number of benzene rings is 2. The number of halogens is 2. The summed E-state index contributed by atoms with van der Waals surface area (Å²) in [5.74, 6) is 0.199. The molecule has 1 aliphatic heterocycles. The Morgan fingerprint density at radius 2 is 1.69 bits per heavy atom. The second kappa shape index (κ2) is 7.03. The van der Waals surface area contributed by atoms with Gasteiger partial charge in [-0.3, -0.25) is 0 Å². The maximum absolute atomic E-state index is 10.7. The van der Waals surface area contributed by atoms with Gasteiger partial charge in [0, 0.05) is 48.5 Å². The zero-order chi connectivity index (χ0) is 18.3. The van der Waals surface area contributed by atoms with Gasteiger partial charge in [-0.25, -0.2) is 0 Å². The van der Waals surface area contributed by atoms with Crippen molar-refractivity contribution in [1.82, 2.24) is 9.47 Å². The molecule has 0 unspecified atom stereocenters. The number of fused-ring (bicyclic) bond motifs is 1. The molecule has 1 aromatic heterocycles. The molecule has 0 aliphatic carbocycles. The Kier molecular flexibility index (Phi) is 4.74. The van der Waals surface area contributed by atoms with Crippen LogP contribution in [0.25, 0.3) is 10.8 Å². The third-order valence-electron chi connectivity index (χ3n) is 5.03. The zero-order valence-electron chi connectivity index (χ0n) is 14.6. The SMILES string of the molecule is CN1CCN(c2cc(Cl)c3c(O)n(Cc4ccc(Cl)cc4)cc3c2)CC1. The molecular weight excluding hydrogens is 369 g/mol. The fourth-order valence-corrected chi connectivity index (χ4v) is 3.91. The summed E-state index contributed by atoms with van der Waals surface area (Å²) in [7, 11) is 2.14. The highest BCUT2D eigenvalue weighted by Crippen LogP contribution is 2.37. The van der Waals surface area contributed by atoms with Crippen LogP contribution in [0.15, 0.2) is 42.6 Å². The van der Waals surface area contributed by atoms with Gasteiger partial charge in [0.2, 0.25) is 5.88 Å². The summed E-state index contributed by atoms with van der Waals surface area (Å²) in [5, 5.41) is 13.6. The van der Waals surface area contributed by atoms with Gasteiger partial charge in [0.05, 0.1) is 17.0 Å². The number of rotatable bonds is 3. The van der Waals surface area contributed by atoms with E-state index in [4.69, 9.17) is 23.2 Å². The summed E-state index contributed by atoms with van der Waals surface area (Å²) in [5.41, 5.74) is 2.18. The molecule has 4 nitrogen and oxygen atoms in total. The van der Waals surface area contributed by atoms with E-state index >= 15 is 0 Å². The maximum Gasteiger partial charge on any atom is 0.200 e. The molecule has 1 aliphatic rings. The van der Waals surface area contributed by atoms with Gasteiger partial charge in [-0.15, -0.1) is 0 Å². The van der Waals surface area contributed by atoms with Crippen LogP contribution < -0.4 is 4.90 Å². The summed E-state index contributed by atoms with van der Waals surface area (Å²) in [4.78, 5) is 4.67. The lowest BCUT2D eigenvalue weighted by molar-refractivity contribution is 0.313. The van der Waals surface area contributed by atoms with Crippen molar-refractivity contribution in [2.75, 3.05) is 38.1 Å². The van der Waals surface area contributed by atoms with Crippen molar-refractivity contribution >= 4 is 39.7 Å². The first kappa shape index (κ1) is 17.5. The van der Waals surface area contributed by atoms with E-state index in [9.17, 15) is 5.11 Å². The van der Waals surface area contributed by atoms with Crippen LogP contribution in [0.4, 0.5) is 5.69 Å². The molecule has 0 saturated carbocycles. The predicted molar refractivity (Wildman–Crippen MR) is 109 cm³/mol. The Labute approximate surface area is 163 Å². The average molecular weight is 390 g/mol. The molecule has 136 valence electrons. The van der Waals surface area contributed by atoms with Gasteiger partial charge in [-0.1, -0.05) is 35.3 Å². The molecule has 1 fully saturated rings. The van der Waals surface area contributed by atoms with E-state index in [0.29, 0.717) is 22.0 Å². The van der Waals surface area contributed by atoms with E-state index < -0.39 is 0 Å². The quantitative estimate of drug-likeness (QED) is 0.717. The van der Waals surface area contributed by atoms with E-state index in [2.05, 4.69) is 22.9 Å². The summed E-state index contributed by atoms with van der Waals surface area (Å²) in [6.45, 7) is 4.61. The third-order valence-corrected chi connectivity index (χ3v) is 5.58. The highest BCUT2D eigenvalue weighted by Gasteiger charge is 2.18. The standard InChI is InChI=1S/C20H21Cl2N3O/c1-23-6-8-24(9-7-23)17-10-15-13-25(20(26)19(15)18(22)11-17)12-14-2-4-16(21)5-3-14/h2-5,10-11,13,26H,6-9,12H2,1H3. The molecular formula is C20H21Cl2N3O. The smallest absolute Gasteiger partial charge is 0.200 e. The normalized spacial score (nSPS) is 15.7. The number of hydrogen-bond donors (Lipinski definition) is 1. The third kappa shape index (κ3) is 3.37. The van der Waals surface area contributed by atoms with E-state index in [0.717, 1.165) is 42.8 Å². The van der Waals surface area contributed by atoms with Crippen LogP contribution >= 0.6 is 23.2 Å². The van der Waals surface area contributed by atoms with Crippen LogP contribution in [0.1, 0.15) is 5.56 Å². The van der Waals surface area contributed by atoms with Crippen molar-refractivity contribution in [3.63, 3.8) is 0 Å². The molecule has 2 aromatic carbocycles. The van der Waals surface area contributed by atoms with Crippen LogP contribution in [0, 0.1) is 0 Å². The van der Waals surface area contributed by atoms with Crippen molar-refractivity contribution in [1.29, 1.82) is 0 Å². The Hall–Kier alpha value is -1.88. The number of piperazine rings is 1. The monoisotopic (exact) mass is 389 g/mol. The lowest BCUT2D eigenvalue weighted by Gasteiger charge is -2.34. The number of nitrogens with zero attached hydrogens (tertiary/aromatic N) is 3. The fraction of sp³-hybridized carbons (Fsp3) is 0.300. The Balaban J connectivity index is 1.67. The molecule has 0 amide bonds. The maximum atomic E-state index is 10.7. The Morgan fingerprint density at radius 3 is 2.38 bits per heavy atom. The highest BCUT2D eigenvalue weighted by molar-refractivity contribution is 6.36. The van der Waals surface area contributed by atoms with Crippen LogP contribution in [0.2, 0.25) is 10.0 Å². The molecule has 1 N–H and O–H groups in total. The van der Waals surface area contributed by atoms with Crippen molar-refractivity contribution in [3.8, 4) is 5.88 Å². The summed E-state index contributed by atoms with van der Waals surface area (Å²) < 4.78 is 1.83. The molecule has 26 heavy (non-hydrogen) atoms. The van der Waals surface area contributed by atoms with Crippen molar-refractivity contribution < 1.29 is 5.11 Å². The van der Waals surface area contributed by atoms with E-state index in [1.54, 1.807) is 0 Å². The van der Waals surface area contributed by atoms with Crippen molar-refractivity contribution in [3.05, 3.63) is 58.2 Å². The summed E-state index contributed by atoms with van der Waals surface area (Å²) >= 11 is 12.5. The Morgan fingerprint density at radius 1 is 1.00 bits per heavy atom. The van der Waals surface area contributed by atoms with Gasteiger partial charge < -0.3 is 19.5 Å². The lowest BCUT2D eigenvalue weighted by Crippen LogP contribution is -2.44. The number of anilines is 1. The van der Waals surface area contributed by atoms with Crippen molar-refractivity contribution in [2.45, 2.75) is 6.54 Å². The van der Waals surface area contributed by atoms with Crippen LogP contribution in [0.3, 0.4) is 0 Å². The van der Waals surface area contributed by atoms with E-state index in [1.165, 1.54) is 0 Å². The van der Waals surface area contributed by atoms with Crippen LogP contribution in [-0.2, 0) is 6.54 Å². The molecule has 0 spiro atoms. The van der Waals surface area contributed by atoms with Crippen LogP contribution in [0.5, 0.6) is 5.88 Å². The number of aromatic hydroxyl groups is 1. The molecule has 1 saturated heterocycles. The van der Waals surface area contributed by atoms with Gasteiger partial charge in [0.1, 0.15) is 0 Å². The van der Waals surface area contributed by atoms with Gasteiger partial charge in [-0.2, -0.15) is 0 Å². The summed E-state index contributed by atoms with van der Waals surface area (Å²) in [6.07, 6.45) is 1.96. The summed E-state index contributed by atoms with van der Waals surface area (Å²) in [6, 6.07) is 11.7. The number of hydrogen-bond acceptors (Lipinski definition) is 3. The van der Waals surface area contributed by atoms with Crippen LogP contribution in [-0.4, -0.2) is 47.8 Å². The first-order valence-corrected chi connectivity index (χ1v) is 9.46. The van der Waals surface area contributed by atoms with Gasteiger partial charge in [0.15, 0.2) is 0 Å². The minimum Gasteiger partial charge on any atom is -0.494 e. The second-order valence-electron chi connectivity index (χ2n) is 6.89. The van der Waals surface area contributed by atoms with Gasteiger partial charge >= 0.3 is 0 Å². The van der Waals surface area contributed by atoms with Gasteiger partial charge in [-0.05, 0) is 36.9 Å². The highest BCUT2D eigenvalue weighted by atomic mass is 35.5. The second-order valence-corrected chi connectivity index (χ2v) is 7.73. The lowest BCUT2D eigenvalue weighted by atomic mass is 10.1. The number of likely N-dealkylation sites (N-methyl/N-ethyl adjacent to an activating group) is 1. The molecule has 2 heterocycles. The zero-order valence-corrected chi connectivity index (χ0v) is 16.1. The largest absolute Gasteiger partial charge is 0.494 e. The first-order valence-electron chi connectivity index (χ1n) is 8.70. The predicted octanol–water partition coefficient (Wildman–Crippen LogP) is 4.45. The topological polar surface area (TPSA) is 31.6 Å². The van der Waals surface area contributed by atoms with Gasteiger partial charge in [0.25, 0.3) is 0 Å². The molecule has 0 atom stereocenters. The molecule has 0 bridgehead atoms. The number of aromatic nitrogens is 1. The Bertz CT molecular complexity index is 928. The average Bonchev–Trinajstić information content (AvgIpc) is 2.93. The molecule has 3 aromatic rings. The van der Waals surface area contributed by atoms with E-state index in [1.807, 2.05) is 41.1 Å². The minimum absolute atomic E-state index is 0.199. The van der Waals surface area contributed by atoms with E-state index in [-0.39, 0.29) is 5.88 Å². The molecule has 0 radical (unpaired) electrons. The molecule has 4 rings (SSSR count). The van der Waals surface area contributed by atoms with Crippen molar-refractivity contribution in [2.24, 2.45) is 0 Å². The fourth-order valence-electron chi connectivity index (χ4n) is 3.48.